The average molecular weight is 590 g/mol. The van der Waals surface area contributed by atoms with Gasteiger partial charge in [0, 0.05) is 13.1 Å². The summed E-state index contributed by atoms with van der Waals surface area (Å²) in [5.74, 6) is -2.80. The number of phenolic OH excluding ortho intramolecular Hbond substituents is 1. The van der Waals surface area contributed by atoms with E-state index in [1.807, 2.05) is 0 Å². The Kier molecular flexibility index (Phi) is 12.1. The lowest BCUT2D eigenvalue weighted by atomic mass is 10.0. The van der Waals surface area contributed by atoms with Crippen LogP contribution in [0.4, 0.5) is 0 Å². The number of unbranched alkanes of at least 4 members (excludes halogenated alkanes) is 1. The number of carbonyl (C=O) groups is 5. The lowest BCUT2D eigenvalue weighted by molar-refractivity contribution is -0.142. The van der Waals surface area contributed by atoms with Crippen molar-refractivity contribution in [2.24, 2.45) is 17.2 Å². The van der Waals surface area contributed by atoms with Gasteiger partial charge in [0.2, 0.25) is 29.5 Å². The van der Waals surface area contributed by atoms with Crippen molar-refractivity contribution in [1.29, 1.82) is 0 Å². The predicted octanol–water partition coefficient (Wildman–Crippen LogP) is -2.18. The minimum Gasteiger partial charge on any atom is -0.508 e. The zero-order chi connectivity index (χ0) is 30.8. The molecular formula is C28H43N7O7. The molecule has 232 valence electrons. The van der Waals surface area contributed by atoms with Crippen molar-refractivity contribution in [3.63, 3.8) is 0 Å². The number of amides is 5. The van der Waals surface area contributed by atoms with E-state index in [1.165, 1.54) is 21.9 Å². The van der Waals surface area contributed by atoms with Gasteiger partial charge in [-0.25, -0.2) is 0 Å². The number of aliphatic hydroxyl groups is 1. The van der Waals surface area contributed by atoms with Gasteiger partial charge in [0.15, 0.2) is 0 Å². The minimum absolute atomic E-state index is 0.0922. The van der Waals surface area contributed by atoms with E-state index in [0.717, 1.165) is 5.56 Å². The quantitative estimate of drug-likeness (QED) is 0.117. The van der Waals surface area contributed by atoms with E-state index < -0.39 is 66.4 Å². The summed E-state index contributed by atoms with van der Waals surface area (Å²) in [4.78, 5) is 67.4. The Hall–Kier alpha value is -3.75. The standard InChI is InChI=1S/C28H43N7O7/c29-12-2-1-5-20(28(42)34-13-3-6-22(34)24(31)38)32-25(39)21(16-36)33-26(40)23-7-4-14-35(23)27(41)19(30)15-17-8-10-18(37)11-9-17/h8-11,19-23,36-37H,1-7,12-16,29-30H2,(H2,31,38)(H,32,39)(H,33,40)/t19-,20-,21-,22-,23-/m0/s1. The minimum atomic E-state index is -1.38. The van der Waals surface area contributed by atoms with Gasteiger partial charge < -0.3 is 47.8 Å². The van der Waals surface area contributed by atoms with Crippen molar-refractivity contribution in [3.05, 3.63) is 29.8 Å². The first-order valence-electron chi connectivity index (χ1n) is 14.4. The van der Waals surface area contributed by atoms with Crippen LogP contribution < -0.4 is 27.8 Å². The zero-order valence-corrected chi connectivity index (χ0v) is 23.7. The van der Waals surface area contributed by atoms with Gasteiger partial charge in [-0.1, -0.05) is 12.1 Å². The van der Waals surface area contributed by atoms with E-state index in [0.29, 0.717) is 58.2 Å². The first-order chi connectivity index (χ1) is 20.1. The van der Waals surface area contributed by atoms with E-state index in [9.17, 15) is 34.2 Å². The van der Waals surface area contributed by atoms with Crippen LogP contribution in [-0.4, -0.2) is 106 Å². The average Bonchev–Trinajstić information content (AvgIpc) is 3.66. The number of primary amides is 1. The molecule has 5 amide bonds. The summed E-state index contributed by atoms with van der Waals surface area (Å²) in [6.45, 7) is 0.296. The lowest BCUT2D eigenvalue weighted by Gasteiger charge is -2.30. The second-order valence-corrected chi connectivity index (χ2v) is 10.8. The molecule has 2 fully saturated rings. The largest absolute Gasteiger partial charge is 0.508 e. The first-order valence-corrected chi connectivity index (χ1v) is 14.4. The predicted molar refractivity (Wildman–Crippen MR) is 152 cm³/mol. The summed E-state index contributed by atoms with van der Waals surface area (Å²) in [7, 11) is 0. The number of aliphatic hydroxyl groups excluding tert-OH is 1. The highest BCUT2D eigenvalue weighted by molar-refractivity contribution is 5.96. The van der Waals surface area contributed by atoms with E-state index in [1.54, 1.807) is 12.1 Å². The lowest BCUT2D eigenvalue weighted by Crippen LogP contribution is -2.59. The molecule has 0 aromatic heterocycles. The normalized spacial score (nSPS) is 20.5. The number of phenols is 1. The fourth-order valence-corrected chi connectivity index (χ4v) is 5.50. The number of likely N-dealkylation sites (tertiary alicyclic amines) is 2. The first kappa shape index (κ1) is 32.8. The van der Waals surface area contributed by atoms with E-state index in [4.69, 9.17) is 17.2 Å². The Bertz CT molecular complexity index is 1120. The molecule has 3 rings (SSSR count). The Morgan fingerprint density at radius 2 is 1.52 bits per heavy atom. The summed E-state index contributed by atoms with van der Waals surface area (Å²) in [5, 5.41) is 24.6. The van der Waals surface area contributed by atoms with Gasteiger partial charge in [0.1, 0.15) is 29.9 Å². The summed E-state index contributed by atoms with van der Waals surface area (Å²) in [5.41, 5.74) is 18.0. The van der Waals surface area contributed by atoms with Crippen LogP contribution in [0.2, 0.25) is 0 Å². The van der Waals surface area contributed by atoms with E-state index >= 15 is 0 Å². The van der Waals surface area contributed by atoms with Gasteiger partial charge >= 0.3 is 0 Å². The molecule has 0 bridgehead atoms. The summed E-state index contributed by atoms with van der Waals surface area (Å²) in [6.07, 6.45) is 3.55. The molecule has 0 unspecified atom stereocenters. The highest BCUT2D eigenvalue weighted by Crippen LogP contribution is 2.21. The number of carbonyl (C=O) groups excluding carboxylic acids is 5. The fraction of sp³-hybridized carbons (Fsp3) is 0.607. The number of hydrogen-bond donors (Lipinski definition) is 7. The van der Waals surface area contributed by atoms with Crippen molar-refractivity contribution in [3.8, 4) is 5.75 Å². The molecule has 0 spiro atoms. The highest BCUT2D eigenvalue weighted by Gasteiger charge is 2.39. The van der Waals surface area contributed by atoms with Crippen molar-refractivity contribution in [2.45, 2.75) is 81.6 Å². The molecule has 10 N–H and O–H groups in total. The Labute approximate surface area is 244 Å². The van der Waals surface area contributed by atoms with Gasteiger partial charge in [-0.05, 0) is 75.6 Å². The molecule has 5 atom stereocenters. The number of nitrogens with one attached hydrogen (secondary N) is 2. The van der Waals surface area contributed by atoms with Crippen molar-refractivity contribution < 1.29 is 34.2 Å². The number of aromatic hydroxyl groups is 1. The van der Waals surface area contributed by atoms with Gasteiger partial charge in [-0.3, -0.25) is 24.0 Å². The fourth-order valence-electron chi connectivity index (χ4n) is 5.50. The molecule has 42 heavy (non-hydrogen) atoms. The third-order valence-electron chi connectivity index (χ3n) is 7.79. The van der Waals surface area contributed by atoms with Crippen LogP contribution in [0.3, 0.4) is 0 Å². The van der Waals surface area contributed by atoms with Gasteiger partial charge in [0.05, 0.1) is 12.6 Å². The third-order valence-corrected chi connectivity index (χ3v) is 7.79. The zero-order valence-electron chi connectivity index (χ0n) is 23.7. The maximum Gasteiger partial charge on any atom is 0.245 e. The van der Waals surface area contributed by atoms with Crippen LogP contribution in [-0.2, 0) is 30.4 Å². The van der Waals surface area contributed by atoms with Crippen molar-refractivity contribution in [1.82, 2.24) is 20.4 Å². The Morgan fingerprint density at radius 1 is 0.905 bits per heavy atom. The number of nitrogens with two attached hydrogens (primary N) is 3. The number of rotatable bonds is 14. The molecule has 0 aliphatic carbocycles. The topological polar surface area (TPSA) is 234 Å². The van der Waals surface area contributed by atoms with Crippen LogP contribution in [0.25, 0.3) is 0 Å². The molecule has 1 aromatic carbocycles. The SMILES string of the molecule is NCCCC[C@H](NC(=O)[C@H](CO)NC(=O)[C@@H]1CCCN1C(=O)[C@@H](N)Cc1ccc(O)cc1)C(=O)N1CCC[C@H]1C(N)=O. The maximum absolute atomic E-state index is 13.3. The van der Waals surface area contributed by atoms with Crippen LogP contribution in [0.1, 0.15) is 50.5 Å². The molecule has 0 radical (unpaired) electrons. The number of nitrogens with zero attached hydrogens (tertiary/aromatic N) is 2. The van der Waals surface area contributed by atoms with Crippen molar-refractivity contribution >= 4 is 29.5 Å². The van der Waals surface area contributed by atoms with Crippen LogP contribution >= 0.6 is 0 Å². The monoisotopic (exact) mass is 589 g/mol. The highest BCUT2D eigenvalue weighted by atomic mass is 16.3. The summed E-state index contributed by atoms with van der Waals surface area (Å²) < 4.78 is 0. The molecule has 2 saturated heterocycles. The summed E-state index contributed by atoms with van der Waals surface area (Å²) >= 11 is 0. The summed E-state index contributed by atoms with van der Waals surface area (Å²) in [6, 6.07) is 1.37. The Balaban J connectivity index is 1.64. The van der Waals surface area contributed by atoms with Crippen LogP contribution in [0.5, 0.6) is 5.75 Å². The van der Waals surface area contributed by atoms with Crippen LogP contribution in [0.15, 0.2) is 24.3 Å². The van der Waals surface area contributed by atoms with E-state index in [2.05, 4.69) is 10.6 Å². The van der Waals surface area contributed by atoms with Crippen LogP contribution in [0, 0.1) is 0 Å². The van der Waals surface area contributed by atoms with Gasteiger partial charge in [0.25, 0.3) is 0 Å². The molecule has 14 heteroatoms. The van der Waals surface area contributed by atoms with Gasteiger partial charge in [-0.15, -0.1) is 0 Å². The molecule has 2 heterocycles. The molecule has 14 nitrogen and oxygen atoms in total. The van der Waals surface area contributed by atoms with Gasteiger partial charge in [-0.2, -0.15) is 0 Å². The molecular weight excluding hydrogens is 546 g/mol. The smallest absolute Gasteiger partial charge is 0.245 e. The number of benzene rings is 1. The third kappa shape index (κ3) is 8.39. The maximum atomic E-state index is 13.3. The van der Waals surface area contributed by atoms with E-state index in [-0.39, 0.29) is 18.6 Å². The molecule has 2 aliphatic rings. The second kappa shape index (κ2) is 15.5. The molecule has 1 aromatic rings. The molecule has 2 aliphatic heterocycles. The second-order valence-electron chi connectivity index (χ2n) is 10.8. The number of hydrogen-bond acceptors (Lipinski definition) is 9. The van der Waals surface area contributed by atoms with Crippen molar-refractivity contribution in [2.75, 3.05) is 26.2 Å². The Morgan fingerprint density at radius 3 is 2.12 bits per heavy atom. The molecule has 0 saturated carbocycles.